The first-order chi connectivity index (χ1) is 17.8. The number of allylic oxidation sites excluding steroid dienone is 3. The van der Waals surface area contributed by atoms with Gasteiger partial charge in [-0.25, -0.2) is 4.79 Å². The number of nitrogens with zero attached hydrogens (tertiary/aromatic N) is 1. The van der Waals surface area contributed by atoms with Crippen molar-refractivity contribution in [2.75, 3.05) is 26.9 Å². The van der Waals surface area contributed by atoms with Crippen molar-refractivity contribution >= 4 is 17.4 Å². The molecule has 0 radical (unpaired) electrons. The van der Waals surface area contributed by atoms with E-state index < -0.39 is 16.8 Å². The molecule has 37 heavy (non-hydrogen) atoms. The monoisotopic (exact) mass is 506 g/mol. The second kappa shape index (κ2) is 11.4. The number of esters is 1. The third kappa shape index (κ3) is 5.56. The number of Topliss-reactive ketones (excluding diaryl/α,β-unsaturated/α-hetero) is 1. The normalized spacial score (nSPS) is 19.3. The standard InChI is InChI=1S/C28H30N2O7/c1-4-36-13-14-37-28(32)25-17(2)29-23-15-20(18-7-11-22(35-3)12-8-18)16-24(31)27(23)26(25)19-5-9-21(10-6-19)30(33)34/h5-12,20,26,29H,4,13-16H2,1-3H3. The smallest absolute Gasteiger partial charge is 0.336 e. The molecule has 2 aromatic rings. The van der Waals surface area contributed by atoms with Gasteiger partial charge in [0.25, 0.3) is 5.69 Å². The lowest BCUT2D eigenvalue weighted by atomic mass is 9.71. The molecule has 2 aromatic carbocycles. The van der Waals surface area contributed by atoms with Crippen LogP contribution in [-0.4, -0.2) is 43.6 Å². The molecule has 0 saturated heterocycles. The zero-order valence-electron chi connectivity index (χ0n) is 21.1. The maximum Gasteiger partial charge on any atom is 0.336 e. The zero-order chi connectivity index (χ0) is 26.5. The predicted molar refractivity (Wildman–Crippen MR) is 136 cm³/mol. The zero-order valence-corrected chi connectivity index (χ0v) is 21.1. The number of benzene rings is 2. The van der Waals surface area contributed by atoms with Crippen LogP contribution in [0.4, 0.5) is 5.69 Å². The van der Waals surface area contributed by atoms with Gasteiger partial charge in [0.2, 0.25) is 0 Å². The third-order valence-electron chi connectivity index (χ3n) is 6.74. The Kier molecular flexibility index (Phi) is 8.03. The second-order valence-electron chi connectivity index (χ2n) is 8.97. The summed E-state index contributed by atoms with van der Waals surface area (Å²) in [6, 6.07) is 13.6. The number of nitrogens with one attached hydrogen (secondary N) is 1. The first-order valence-electron chi connectivity index (χ1n) is 12.2. The lowest BCUT2D eigenvalue weighted by Gasteiger charge is -2.36. The summed E-state index contributed by atoms with van der Waals surface area (Å²) in [5.41, 5.74) is 3.74. The Bertz CT molecular complexity index is 1250. The van der Waals surface area contributed by atoms with Crippen LogP contribution in [0.15, 0.2) is 71.1 Å². The van der Waals surface area contributed by atoms with E-state index in [9.17, 15) is 19.7 Å². The van der Waals surface area contributed by atoms with Gasteiger partial charge in [-0.15, -0.1) is 0 Å². The van der Waals surface area contributed by atoms with E-state index in [1.165, 1.54) is 12.1 Å². The molecule has 9 nitrogen and oxygen atoms in total. The van der Waals surface area contributed by atoms with Gasteiger partial charge in [-0.05, 0) is 49.4 Å². The molecule has 4 rings (SSSR count). The van der Waals surface area contributed by atoms with E-state index in [0.717, 1.165) is 17.0 Å². The number of nitro benzene ring substituents is 1. The molecular formula is C28H30N2O7. The molecule has 1 N–H and O–H groups in total. The minimum atomic E-state index is -0.694. The van der Waals surface area contributed by atoms with Gasteiger partial charge < -0.3 is 19.5 Å². The van der Waals surface area contributed by atoms with Gasteiger partial charge in [0.1, 0.15) is 12.4 Å². The molecule has 1 aliphatic heterocycles. The number of dihydropyridines is 1. The molecule has 1 aliphatic carbocycles. The molecule has 0 fully saturated rings. The molecule has 0 amide bonds. The van der Waals surface area contributed by atoms with Crippen LogP contribution in [0.3, 0.4) is 0 Å². The first kappa shape index (κ1) is 26.1. The molecule has 2 unspecified atom stereocenters. The Hall–Kier alpha value is -3.98. The number of carbonyl (C=O) groups excluding carboxylic acids is 2. The average Bonchev–Trinajstić information content (AvgIpc) is 2.90. The second-order valence-corrected chi connectivity index (χ2v) is 8.97. The minimum absolute atomic E-state index is 0.0327. The Morgan fingerprint density at radius 2 is 1.73 bits per heavy atom. The Labute approximate surface area is 215 Å². The Morgan fingerprint density at radius 1 is 1.05 bits per heavy atom. The summed E-state index contributed by atoms with van der Waals surface area (Å²) < 4.78 is 16.0. The largest absolute Gasteiger partial charge is 0.497 e. The number of non-ortho nitro benzene ring substituents is 1. The molecule has 2 aliphatic rings. The van der Waals surface area contributed by atoms with Gasteiger partial charge in [0.15, 0.2) is 5.78 Å². The van der Waals surface area contributed by atoms with Crippen LogP contribution in [0.2, 0.25) is 0 Å². The average molecular weight is 507 g/mol. The summed E-state index contributed by atoms with van der Waals surface area (Å²) >= 11 is 0. The van der Waals surface area contributed by atoms with E-state index in [1.54, 1.807) is 26.2 Å². The highest BCUT2D eigenvalue weighted by Gasteiger charge is 2.41. The summed E-state index contributed by atoms with van der Waals surface area (Å²) in [5, 5.41) is 14.5. The highest BCUT2D eigenvalue weighted by molar-refractivity contribution is 6.04. The van der Waals surface area contributed by atoms with Gasteiger partial charge in [-0.2, -0.15) is 0 Å². The summed E-state index contributed by atoms with van der Waals surface area (Å²) in [7, 11) is 1.61. The third-order valence-corrected chi connectivity index (χ3v) is 6.74. The molecule has 0 aromatic heterocycles. The van der Waals surface area contributed by atoms with E-state index in [-0.39, 0.29) is 37.0 Å². The highest BCUT2D eigenvalue weighted by atomic mass is 16.6. The number of nitro groups is 1. The number of carbonyl (C=O) groups is 2. The predicted octanol–water partition coefficient (Wildman–Crippen LogP) is 4.54. The summed E-state index contributed by atoms with van der Waals surface area (Å²) in [6.07, 6.45) is 0.864. The number of hydrogen-bond acceptors (Lipinski definition) is 8. The maximum atomic E-state index is 13.6. The van der Waals surface area contributed by atoms with Crippen molar-refractivity contribution in [1.82, 2.24) is 5.32 Å². The fourth-order valence-corrected chi connectivity index (χ4v) is 4.96. The molecule has 0 spiro atoms. The van der Waals surface area contributed by atoms with Crippen LogP contribution in [-0.2, 0) is 19.1 Å². The summed E-state index contributed by atoms with van der Waals surface area (Å²) in [5.74, 6) is -0.614. The first-order valence-corrected chi connectivity index (χ1v) is 12.2. The van der Waals surface area contributed by atoms with E-state index >= 15 is 0 Å². The maximum absolute atomic E-state index is 13.6. The Balaban J connectivity index is 1.71. The molecule has 2 atom stereocenters. The number of ether oxygens (including phenoxy) is 3. The van der Waals surface area contributed by atoms with Gasteiger partial charge in [-0.1, -0.05) is 24.3 Å². The van der Waals surface area contributed by atoms with E-state index in [0.29, 0.717) is 35.4 Å². The quantitative estimate of drug-likeness (QED) is 0.228. The van der Waals surface area contributed by atoms with Crippen LogP contribution < -0.4 is 10.1 Å². The van der Waals surface area contributed by atoms with Crippen LogP contribution in [0.1, 0.15) is 49.7 Å². The summed E-state index contributed by atoms with van der Waals surface area (Å²) in [4.78, 5) is 37.6. The molecule has 9 heteroatoms. The van der Waals surface area contributed by atoms with Crippen molar-refractivity contribution < 1.29 is 28.7 Å². The van der Waals surface area contributed by atoms with Crippen molar-refractivity contribution in [3.05, 3.63) is 92.3 Å². The molecule has 1 heterocycles. The molecular weight excluding hydrogens is 476 g/mol. The molecule has 194 valence electrons. The molecule has 0 bridgehead atoms. The highest BCUT2D eigenvalue weighted by Crippen LogP contribution is 2.46. The van der Waals surface area contributed by atoms with Crippen LogP contribution in [0.25, 0.3) is 0 Å². The number of hydrogen-bond donors (Lipinski definition) is 1. The van der Waals surface area contributed by atoms with Crippen LogP contribution >= 0.6 is 0 Å². The van der Waals surface area contributed by atoms with Crippen molar-refractivity contribution in [2.45, 2.75) is 38.5 Å². The van der Waals surface area contributed by atoms with Crippen LogP contribution in [0, 0.1) is 10.1 Å². The van der Waals surface area contributed by atoms with Crippen molar-refractivity contribution in [3.8, 4) is 5.75 Å². The lowest BCUT2D eigenvalue weighted by molar-refractivity contribution is -0.384. The Morgan fingerprint density at radius 3 is 2.35 bits per heavy atom. The van der Waals surface area contributed by atoms with E-state index in [1.807, 2.05) is 31.2 Å². The van der Waals surface area contributed by atoms with Gasteiger partial charge in [0, 0.05) is 48.0 Å². The lowest BCUT2D eigenvalue weighted by Crippen LogP contribution is -2.36. The van der Waals surface area contributed by atoms with Gasteiger partial charge >= 0.3 is 5.97 Å². The van der Waals surface area contributed by atoms with Crippen molar-refractivity contribution in [3.63, 3.8) is 0 Å². The minimum Gasteiger partial charge on any atom is -0.497 e. The number of methoxy groups -OCH3 is 1. The number of rotatable bonds is 9. The SMILES string of the molecule is CCOCCOC(=O)C1=C(C)NC2=C(C(=O)CC(c3ccc(OC)cc3)C2)C1c1ccc([N+](=O)[O-])cc1. The number of ketones is 1. The van der Waals surface area contributed by atoms with Crippen molar-refractivity contribution in [1.29, 1.82) is 0 Å². The topological polar surface area (TPSA) is 117 Å². The van der Waals surface area contributed by atoms with E-state index in [2.05, 4.69) is 5.32 Å². The molecule has 0 saturated carbocycles. The van der Waals surface area contributed by atoms with Crippen molar-refractivity contribution in [2.24, 2.45) is 0 Å². The summed E-state index contributed by atoms with van der Waals surface area (Å²) in [6.45, 7) is 4.48. The fourth-order valence-electron chi connectivity index (χ4n) is 4.96. The fraction of sp³-hybridized carbons (Fsp3) is 0.357. The van der Waals surface area contributed by atoms with Gasteiger partial charge in [0.05, 0.1) is 24.2 Å². The van der Waals surface area contributed by atoms with Gasteiger partial charge in [-0.3, -0.25) is 14.9 Å². The van der Waals surface area contributed by atoms with Crippen LogP contribution in [0.5, 0.6) is 5.75 Å². The van der Waals surface area contributed by atoms with E-state index in [4.69, 9.17) is 14.2 Å².